The summed E-state index contributed by atoms with van der Waals surface area (Å²) in [5, 5.41) is 12.1. The Bertz CT molecular complexity index is 580. The Hall–Kier alpha value is -1.22. The van der Waals surface area contributed by atoms with Gasteiger partial charge in [-0.2, -0.15) is 0 Å². The van der Waals surface area contributed by atoms with E-state index in [1.165, 1.54) is 5.56 Å². The number of aliphatic hydroxyl groups is 1. The fourth-order valence-electron chi connectivity index (χ4n) is 1.91. The third-order valence-corrected chi connectivity index (χ3v) is 4.28. The number of aliphatic hydroxyl groups excluding tert-OH is 1. The van der Waals surface area contributed by atoms with Crippen molar-refractivity contribution >= 4 is 31.1 Å². The Morgan fingerprint density at radius 3 is 2.50 bits per heavy atom. The fraction of sp³-hybridized carbons (Fsp3) is 0.267. The van der Waals surface area contributed by atoms with E-state index in [1.54, 1.807) is 11.3 Å². The highest BCUT2D eigenvalue weighted by molar-refractivity contribution is 7.29. The van der Waals surface area contributed by atoms with Crippen LogP contribution in [0.2, 0.25) is 0 Å². The van der Waals surface area contributed by atoms with E-state index < -0.39 is 0 Å². The first kappa shape index (κ1) is 15.2. The molecule has 1 N–H and O–H groups in total. The quantitative estimate of drug-likeness (QED) is 0.658. The highest BCUT2D eigenvalue weighted by Gasteiger charge is 2.11. The van der Waals surface area contributed by atoms with Gasteiger partial charge < -0.3 is 10.0 Å². The molecule has 0 amide bonds. The molecule has 3 nitrogen and oxygen atoms in total. The molecule has 20 heavy (non-hydrogen) atoms. The van der Waals surface area contributed by atoms with Crippen molar-refractivity contribution < 1.29 is 5.11 Å². The van der Waals surface area contributed by atoms with Crippen molar-refractivity contribution in [3.8, 4) is 0 Å². The molecule has 1 atom stereocenters. The van der Waals surface area contributed by atoms with Gasteiger partial charge in [0.15, 0.2) is 5.13 Å². The standard InChI is InChI=1S/C15H19N2OPS/c1-11(2)7-17(15-16-14(19)10-20-15)8-12-3-5-13(9-18)6-4-12/h3-6,10,18H,1,7-9,19H2,2H3. The molecule has 0 aliphatic heterocycles. The lowest BCUT2D eigenvalue weighted by Crippen LogP contribution is -2.24. The molecule has 5 heteroatoms. The second-order valence-corrected chi connectivity index (χ2v) is 6.27. The van der Waals surface area contributed by atoms with Crippen LogP contribution in [0.3, 0.4) is 0 Å². The van der Waals surface area contributed by atoms with Crippen LogP contribution < -0.4 is 10.3 Å². The summed E-state index contributed by atoms with van der Waals surface area (Å²) in [6.45, 7) is 7.68. The molecular weight excluding hydrogens is 287 g/mol. The minimum atomic E-state index is 0.0820. The van der Waals surface area contributed by atoms with Crippen LogP contribution in [0.5, 0.6) is 0 Å². The van der Waals surface area contributed by atoms with Crippen molar-refractivity contribution in [2.45, 2.75) is 20.1 Å². The first-order valence-electron chi connectivity index (χ1n) is 6.37. The third kappa shape index (κ3) is 4.14. The largest absolute Gasteiger partial charge is 0.392 e. The van der Waals surface area contributed by atoms with E-state index in [1.807, 2.05) is 36.6 Å². The van der Waals surface area contributed by atoms with Crippen molar-refractivity contribution in [2.24, 2.45) is 0 Å². The molecule has 1 aromatic heterocycles. The molecule has 0 fully saturated rings. The van der Waals surface area contributed by atoms with Gasteiger partial charge in [0.1, 0.15) is 0 Å². The summed E-state index contributed by atoms with van der Waals surface area (Å²) >= 11 is 1.64. The summed E-state index contributed by atoms with van der Waals surface area (Å²) in [6, 6.07) is 8.01. The number of hydrogen-bond acceptors (Lipinski definition) is 4. The van der Waals surface area contributed by atoms with Crippen molar-refractivity contribution in [2.75, 3.05) is 11.4 Å². The zero-order chi connectivity index (χ0) is 14.5. The van der Waals surface area contributed by atoms with Crippen LogP contribution in [0, 0.1) is 0 Å². The molecule has 2 aromatic rings. The molecule has 0 saturated carbocycles. The normalized spacial score (nSPS) is 10.6. The van der Waals surface area contributed by atoms with Gasteiger partial charge in [0.05, 0.1) is 12.0 Å². The SMILES string of the molecule is C=C(C)CN(Cc1ccc(CO)cc1)c1nc(P)cs1. The zero-order valence-electron chi connectivity index (χ0n) is 11.5. The maximum absolute atomic E-state index is 9.08. The Kier molecular flexibility index (Phi) is 5.30. The minimum Gasteiger partial charge on any atom is -0.392 e. The summed E-state index contributed by atoms with van der Waals surface area (Å²) < 4.78 is 0. The van der Waals surface area contributed by atoms with Gasteiger partial charge in [-0.25, -0.2) is 4.98 Å². The van der Waals surface area contributed by atoms with Crippen LogP contribution >= 0.6 is 20.6 Å². The lowest BCUT2D eigenvalue weighted by Gasteiger charge is -2.22. The fourth-order valence-corrected chi connectivity index (χ4v) is 3.04. The number of rotatable bonds is 6. The molecule has 106 valence electrons. The summed E-state index contributed by atoms with van der Waals surface area (Å²) in [7, 11) is 2.62. The van der Waals surface area contributed by atoms with Gasteiger partial charge in [-0.05, 0) is 18.1 Å². The summed E-state index contributed by atoms with van der Waals surface area (Å²) in [6.07, 6.45) is 0. The molecular formula is C15H19N2OPS. The Morgan fingerprint density at radius 2 is 2.00 bits per heavy atom. The molecule has 1 aromatic carbocycles. The maximum Gasteiger partial charge on any atom is 0.186 e. The van der Waals surface area contributed by atoms with Gasteiger partial charge in [-0.15, -0.1) is 11.3 Å². The summed E-state index contributed by atoms with van der Waals surface area (Å²) in [5.74, 6) is 0. The number of nitrogens with zero attached hydrogens (tertiary/aromatic N) is 2. The van der Waals surface area contributed by atoms with E-state index in [0.717, 1.165) is 34.8 Å². The number of thiazole rings is 1. The van der Waals surface area contributed by atoms with E-state index in [4.69, 9.17) is 5.11 Å². The molecule has 2 rings (SSSR count). The average Bonchev–Trinajstić information content (AvgIpc) is 2.85. The lowest BCUT2D eigenvalue weighted by molar-refractivity contribution is 0.282. The van der Waals surface area contributed by atoms with Gasteiger partial charge >= 0.3 is 0 Å². The highest BCUT2D eigenvalue weighted by atomic mass is 32.1. The molecule has 0 bridgehead atoms. The number of anilines is 1. The topological polar surface area (TPSA) is 36.4 Å². The number of aromatic nitrogens is 1. The van der Waals surface area contributed by atoms with Gasteiger partial charge in [-0.3, -0.25) is 0 Å². The molecule has 0 spiro atoms. The molecule has 0 radical (unpaired) electrons. The zero-order valence-corrected chi connectivity index (χ0v) is 13.5. The van der Waals surface area contributed by atoms with Crippen LogP contribution in [0.1, 0.15) is 18.1 Å². The van der Waals surface area contributed by atoms with Gasteiger partial charge in [0.25, 0.3) is 0 Å². The second-order valence-electron chi connectivity index (χ2n) is 4.84. The monoisotopic (exact) mass is 306 g/mol. The van der Waals surface area contributed by atoms with Gasteiger partial charge in [0.2, 0.25) is 0 Å². The predicted molar refractivity (Wildman–Crippen MR) is 89.7 cm³/mol. The van der Waals surface area contributed by atoms with Gasteiger partial charge in [-0.1, -0.05) is 45.7 Å². The minimum absolute atomic E-state index is 0.0820. The second kappa shape index (κ2) is 6.98. The maximum atomic E-state index is 9.08. The first-order valence-corrected chi connectivity index (χ1v) is 7.83. The average molecular weight is 306 g/mol. The Labute approximate surface area is 126 Å². The first-order chi connectivity index (χ1) is 9.58. The van der Waals surface area contributed by atoms with E-state index in [2.05, 4.69) is 25.7 Å². The Balaban J connectivity index is 2.16. The predicted octanol–water partition coefficient (Wildman–Crippen LogP) is 2.72. The smallest absolute Gasteiger partial charge is 0.186 e. The third-order valence-electron chi connectivity index (χ3n) is 2.82. The van der Waals surface area contributed by atoms with Crippen molar-refractivity contribution in [1.29, 1.82) is 0 Å². The van der Waals surface area contributed by atoms with Crippen molar-refractivity contribution in [3.63, 3.8) is 0 Å². The van der Waals surface area contributed by atoms with Crippen LogP contribution in [0.25, 0.3) is 0 Å². The molecule has 0 saturated heterocycles. The van der Waals surface area contributed by atoms with Crippen LogP contribution in [0.15, 0.2) is 41.8 Å². The van der Waals surface area contributed by atoms with Crippen LogP contribution in [-0.4, -0.2) is 16.6 Å². The van der Waals surface area contributed by atoms with Crippen LogP contribution in [-0.2, 0) is 13.2 Å². The van der Waals surface area contributed by atoms with E-state index in [0.29, 0.717) is 0 Å². The number of benzene rings is 1. The summed E-state index contributed by atoms with van der Waals surface area (Å²) in [5.41, 5.74) is 4.20. The van der Waals surface area contributed by atoms with E-state index >= 15 is 0 Å². The molecule has 0 aliphatic rings. The van der Waals surface area contributed by atoms with E-state index in [-0.39, 0.29) is 6.61 Å². The van der Waals surface area contributed by atoms with Gasteiger partial charge in [0, 0.05) is 18.5 Å². The number of hydrogen-bond donors (Lipinski definition) is 1. The summed E-state index contributed by atoms with van der Waals surface area (Å²) in [4.78, 5) is 6.74. The molecule has 1 unspecified atom stereocenters. The van der Waals surface area contributed by atoms with Crippen molar-refractivity contribution in [1.82, 2.24) is 4.98 Å². The highest BCUT2D eigenvalue weighted by Crippen LogP contribution is 2.21. The Morgan fingerprint density at radius 1 is 1.35 bits per heavy atom. The van der Waals surface area contributed by atoms with E-state index in [9.17, 15) is 0 Å². The molecule has 0 aliphatic carbocycles. The molecule has 1 heterocycles. The van der Waals surface area contributed by atoms with Crippen molar-refractivity contribution in [3.05, 3.63) is 52.9 Å². The van der Waals surface area contributed by atoms with Crippen LogP contribution in [0.4, 0.5) is 5.13 Å². The lowest BCUT2D eigenvalue weighted by atomic mass is 10.1.